The Bertz CT molecular complexity index is 1880. The fraction of sp³-hybridized carbons (Fsp3) is 0.300. The van der Waals surface area contributed by atoms with E-state index in [0.717, 1.165) is 12.7 Å². The van der Waals surface area contributed by atoms with E-state index in [1.54, 1.807) is 12.1 Å². The van der Waals surface area contributed by atoms with Crippen molar-refractivity contribution in [1.29, 1.82) is 0 Å². The molecule has 4 N–H and O–H groups in total. The molecule has 0 aliphatic heterocycles. The maximum Gasteiger partial charge on any atom is 0.422 e. The average Bonchev–Trinajstić information content (AvgIpc) is 3.84. The molecular formula is C30H27ClF3N7O7. The number of esters is 1. The summed E-state index contributed by atoms with van der Waals surface area (Å²) in [6, 6.07) is 11.0. The van der Waals surface area contributed by atoms with Crippen molar-refractivity contribution in [2.75, 3.05) is 43.3 Å². The maximum absolute atomic E-state index is 12.9. The molecule has 1 heterocycles. The molecule has 4 aromatic rings. The number of halogens is 4. The molecule has 48 heavy (non-hydrogen) atoms. The molecule has 1 aromatic heterocycles. The highest BCUT2D eigenvalue weighted by molar-refractivity contribution is 6.30. The van der Waals surface area contributed by atoms with E-state index in [4.69, 9.17) is 25.8 Å². The highest BCUT2D eigenvalue weighted by Gasteiger charge is 2.45. The van der Waals surface area contributed by atoms with E-state index in [1.165, 1.54) is 31.4 Å². The minimum Gasteiger partial charge on any atom is -0.491 e. The van der Waals surface area contributed by atoms with Gasteiger partial charge in [-0.3, -0.25) is 14.4 Å². The Morgan fingerprint density at radius 2 is 1.62 bits per heavy atom. The number of nitrogens with zero attached hydrogens (tertiary/aromatic N) is 3. The van der Waals surface area contributed by atoms with Gasteiger partial charge in [0.1, 0.15) is 11.7 Å². The minimum absolute atomic E-state index is 0.0306. The molecule has 5 rings (SSSR count). The average molecular weight is 690 g/mol. The van der Waals surface area contributed by atoms with Crippen LogP contribution in [0.3, 0.4) is 0 Å². The number of hydrogen-bond donors (Lipinski definition) is 4. The monoisotopic (exact) mass is 689 g/mol. The first-order chi connectivity index (χ1) is 22.8. The van der Waals surface area contributed by atoms with Crippen LogP contribution in [0.4, 0.5) is 36.4 Å². The van der Waals surface area contributed by atoms with E-state index in [2.05, 4.69) is 36.2 Å². The number of carbonyl (C=O) groups excluding carboxylic acids is 2. The van der Waals surface area contributed by atoms with Crippen molar-refractivity contribution in [2.45, 2.75) is 30.6 Å². The zero-order valence-corrected chi connectivity index (χ0v) is 26.0. The van der Waals surface area contributed by atoms with Crippen LogP contribution in [0.2, 0.25) is 5.02 Å². The summed E-state index contributed by atoms with van der Waals surface area (Å²) in [5, 5.41) is 11.7. The summed E-state index contributed by atoms with van der Waals surface area (Å²) in [4.78, 5) is 60.9. The van der Waals surface area contributed by atoms with Crippen LogP contribution >= 0.6 is 11.6 Å². The SMILES string of the molecule is COC(=O)[C@H](CNc1c(OC)c(=O)c1=O)NC(=O)c1ccc(Nc2nc(NC3(c4ccc(Cl)cc4)CC3)nc(OCC(F)(F)F)n2)cc1. The number of carbonyl (C=O) groups is 2. The number of hydrogen-bond acceptors (Lipinski definition) is 13. The maximum atomic E-state index is 12.9. The number of amides is 1. The Morgan fingerprint density at radius 1 is 0.958 bits per heavy atom. The van der Waals surface area contributed by atoms with Gasteiger partial charge in [0.2, 0.25) is 11.9 Å². The first-order valence-corrected chi connectivity index (χ1v) is 14.6. The molecule has 1 fully saturated rings. The van der Waals surface area contributed by atoms with E-state index < -0.39 is 53.1 Å². The molecule has 1 aliphatic rings. The van der Waals surface area contributed by atoms with E-state index in [1.807, 2.05) is 12.1 Å². The summed E-state index contributed by atoms with van der Waals surface area (Å²) in [6.07, 6.45) is -3.21. The molecule has 0 spiro atoms. The van der Waals surface area contributed by atoms with Gasteiger partial charge in [-0.2, -0.15) is 28.1 Å². The van der Waals surface area contributed by atoms with Gasteiger partial charge in [0.15, 0.2) is 12.4 Å². The molecule has 0 saturated heterocycles. The third-order valence-electron chi connectivity index (χ3n) is 7.23. The predicted molar refractivity (Wildman–Crippen MR) is 167 cm³/mol. The third-order valence-corrected chi connectivity index (χ3v) is 7.48. The Kier molecular flexibility index (Phi) is 9.69. The lowest BCUT2D eigenvalue weighted by Gasteiger charge is -2.19. The van der Waals surface area contributed by atoms with Gasteiger partial charge in [-0.25, -0.2) is 4.79 Å². The number of aromatic nitrogens is 3. The van der Waals surface area contributed by atoms with Crippen LogP contribution in [0.25, 0.3) is 0 Å². The number of methoxy groups -OCH3 is 2. The fourth-order valence-corrected chi connectivity index (χ4v) is 4.74. The van der Waals surface area contributed by atoms with Crippen LogP contribution in [0.5, 0.6) is 11.8 Å². The smallest absolute Gasteiger partial charge is 0.422 e. The van der Waals surface area contributed by atoms with E-state index >= 15 is 0 Å². The normalized spacial score (nSPS) is 14.0. The number of ether oxygens (including phenoxy) is 3. The van der Waals surface area contributed by atoms with Gasteiger partial charge < -0.3 is 35.5 Å². The zero-order valence-electron chi connectivity index (χ0n) is 25.2. The lowest BCUT2D eigenvalue weighted by Crippen LogP contribution is -2.47. The van der Waals surface area contributed by atoms with E-state index in [0.29, 0.717) is 23.6 Å². The molecule has 1 atom stereocenters. The lowest BCUT2D eigenvalue weighted by molar-refractivity contribution is -0.154. The molecule has 14 nitrogen and oxygen atoms in total. The van der Waals surface area contributed by atoms with Crippen LogP contribution in [0.15, 0.2) is 58.1 Å². The first kappa shape index (κ1) is 33.9. The molecule has 18 heteroatoms. The Balaban J connectivity index is 1.29. The van der Waals surface area contributed by atoms with Gasteiger partial charge >= 0.3 is 18.2 Å². The zero-order chi connectivity index (χ0) is 34.6. The highest BCUT2D eigenvalue weighted by Crippen LogP contribution is 2.48. The standard InChI is InChI=1S/C30H27ClF3N7O7/c1-46-23-20(21(42)22(23)43)35-13-19(25(45)47-2)37-24(44)15-3-9-18(10-4-15)36-26-38-27(40-28(39-26)48-14-30(32,33)34)41-29(11-12-29)16-5-7-17(31)8-6-16/h3-10,19,35H,11-14H2,1-2H3,(H,37,44)(H2,36,38,39,40,41)/t19-/m0/s1. The molecule has 1 aliphatic carbocycles. The molecule has 1 amide bonds. The molecule has 1 saturated carbocycles. The summed E-state index contributed by atoms with van der Waals surface area (Å²) >= 11 is 6.01. The first-order valence-electron chi connectivity index (χ1n) is 14.2. The topological polar surface area (TPSA) is 183 Å². The molecule has 3 aromatic carbocycles. The van der Waals surface area contributed by atoms with Crippen molar-refractivity contribution in [3.63, 3.8) is 0 Å². The molecule has 252 valence electrons. The number of benzene rings is 2. The van der Waals surface area contributed by atoms with Gasteiger partial charge in [0, 0.05) is 22.8 Å². The molecule has 0 bridgehead atoms. The third kappa shape index (κ3) is 7.91. The number of rotatable bonds is 14. The molecule has 0 unspecified atom stereocenters. The van der Waals surface area contributed by atoms with Crippen LogP contribution < -0.4 is 41.6 Å². The Morgan fingerprint density at radius 3 is 2.23 bits per heavy atom. The van der Waals surface area contributed by atoms with E-state index in [9.17, 15) is 32.3 Å². The second kappa shape index (κ2) is 13.7. The summed E-state index contributed by atoms with van der Waals surface area (Å²) in [5.74, 6) is -1.86. The van der Waals surface area contributed by atoms with Gasteiger partial charge in [0.05, 0.1) is 19.8 Å². The summed E-state index contributed by atoms with van der Waals surface area (Å²) in [5.41, 5.74) is -0.950. The van der Waals surface area contributed by atoms with Crippen molar-refractivity contribution >= 4 is 46.7 Å². The second-order valence-corrected chi connectivity index (χ2v) is 11.0. The lowest BCUT2D eigenvalue weighted by atomic mass is 10.1. The van der Waals surface area contributed by atoms with Crippen LogP contribution in [-0.4, -0.2) is 66.4 Å². The summed E-state index contributed by atoms with van der Waals surface area (Å²) in [7, 11) is 2.33. The van der Waals surface area contributed by atoms with E-state index in [-0.39, 0.29) is 35.4 Å². The van der Waals surface area contributed by atoms with Crippen molar-refractivity contribution < 1.29 is 37.0 Å². The number of nitrogens with one attached hydrogen (secondary N) is 4. The van der Waals surface area contributed by atoms with Crippen LogP contribution in [-0.2, 0) is 15.1 Å². The predicted octanol–water partition coefficient (Wildman–Crippen LogP) is 3.30. The Labute approximate surface area is 274 Å². The molecular weight excluding hydrogens is 663 g/mol. The van der Waals surface area contributed by atoms with Gasteiger partial charge in [-0.1, -0.05) is 23.7 Å². The minimum atomic E-state index is -4.63. The summed E-state index contributed by atoms with van der Waals surface area (Å²) in [6.45, 7) is -1.91. The Hall–Kier alpha value is -5.45. The molecule has 0 radical (unpaired) electrons. The van der Waals surface area contributed by atoms with Crippen molar-refractivity contribution in [3.05, 3.63) is 85.1 Å². The van der Waals surface area contributed by atoms with Gasteiger partial charge in [-0.15, -0.1) is 0 Å². The summed E-state index contributed by atoms with van der Waals surface area (Å²) < 4.78 is 53.1. The van der Waals surface area contributed by atoms with Crippen molar-refractivity contribution in [3.8, 4) is 11.8 Å². The highest BCUT2D eigenvalue weighted by atomic mass is 35.5. The fourth-order valence-electron chi connectivity index (χ4n) is 4.61. The van der Waals surface area contributed by atoms with Crippen molar-refractivity contribution in [1.82, 2.24) is 20.3 Å². The number of anilines is 4. The van der Waals surface area contributed by atoms with Crippen LogP contribution in [0.1, 0.15) is 28.8 Å². The number of alkyl halides is 3. The van der Waals surface area contributed by atoms with Crippen LogP contribution in [0, 0.1) is 0 Å². The van der Waals surface area contributed by atoms with Gasteiger partial charge in [0.25, 0.3) is 16.8 Å². The second-order valence-electron chi connectivity index (χ2n) is 10.6. The quantitative estimate of drug-likeness (QED) is 0.112. The van der Waals surface area contributed by atoms with Crippen molar-refractivity contribution in [2.24, 2.45) is 0 Å². The van der Waals surface area contributed by atoms with Gasteiger partial charge in [-0.05, 0) is 54.8 Å². The largest absolute Gasteiger partial charge is 0.491 e.